The van der Waals surface area contributed by atoms with Gasteiger partial charge in [0.15, 0.2) is 0 Å². The van der Waals surface area contributed by atoms with Crippen LogP contribution < -0.4 is 4.90 Å². The molecule has 0 N–H and O–H groups in total. The first-order valence-corrected chi connectivity index (χ1v) is 12.8. The molecule has 0 fully saturated rings. The summed E-state index contributed by atoms with van der Waals surface area (Å²) >= 11 is 3.24. The number of aromatic nitrogens is 1. The third kappa shape index (κ3) is 3.27. The maximum atomic E-state index is 9.88. The minimum atomic E-state index is -0.0789. The first-order chi connectivity index (χ1) is 16.6. The number of nitrogens with zero attached hydrogens (tertiary/aromatic N) is 3. The Morgan fingerprint density at radius 2 is 1.50 bits per heavy atom. The molecule has 34 heavy (non-hydrogen) atoms. The second-order valence-corrected chi connectivity index (χ2v) is 11.0. The zero-order valence-electron chi connectivity index (χ0n) is 18.8. The van der Waals surface area contributed by atoms with Crippen molar-refractivity contribution in [3.05, 3.63) is 106 Å². The van der Waals surface area contributed by atoms with Crippen molar-refractivity contribution in [2.45, 2.75) is 19.3 Å². The largest absolute Gasteiger partial charge is 0.301 e. The number of anilines is 3. The Bertz CT molecular complexity index is 1530. The molecule has 5 heteroatoms. The molecule has 0 saturated heterocycles. The molecule has 6 rings (SSSR count). The molecular weight excluding hydrogens is 454 g/mol. The average molecular weight is 476 g/mol. The van der Waals surface area contributed by atoms with Crippen LogP contribution in [0.3, 0.4) is 0 Å². The van der Waals surface area contributed by atoms with E-state index in [2.05, 4.69) is 90.5 Å². The molecular formula is C29H21N3S2. The topological polar surface area (TPSA) is 39.9 Å². The molecule has 164 valence electrons. The minimum absolute atomic E-state index is 0.0789. The Balaban J connectivity index is 1.44. The van der Waals surface area contributed by atoms with E-state index in [4.69, 9.17) is 0 Å². The van der Waals surface area contributed by atoms with E-state index in [0.717, 1.165) is 25.1 Å². The third-order valence-electron chi connectivity index (χ3n) is 6.40. The van der Waals surface area contributed by atoms with E-state index in [1.807, 2.05) is 30.3 Å². The van der Waals surface area contributed by atoms with Gasteiger partial charge < -0.3 is 4.90 Å². The fraction of sp³-hybridized carbons (Fsp3) is 0.103. The van der Waals surface area contributed by atoms with Crippen molar-refractivity contribution in [3.8, 4) is 6.07 Å². The van der Waals surface area contributed by atoms with Gasteiger partial charge in [-0.1, -0.05) is 62.4 Å². The van der Waals surface area contributed by atoms with Crippen LogP contribution in [-0.2, 0) is 5.41 Å². The van der Waals surface area contributed by atoms with Crippen LogP contribution >= 0.6 is 22.7 Å². The summed E-state index contributed by atoms with van der Waals surface area (Å²) in [6.45, 7) is 4.59. The maximum absolute atomic E-state index is 9.88. The Kier molecular flexibility index (Phi) is 4.88. The Morgan fingerprint density at radius 3 is 2.18 bits per heavy atom. The summed E-state index contributed by atoms with van der Waals surface area (Å²) in [5.41, 5.74) is 6.47. The number of thiophene rings is 1. The zero-order valence-corrected chi connectivity index (χ0v) is 20.5. The summed E-state index contributed by atoms with van der Waals surface area (Å²) in [6.07, 6.45) is 1.96. The van der Waals surface area contributed by atoms with E-state index < -0.39 is 0 Å². The van der Waals surface area contributed by atoms with Crippen LogP contribution in [0, 0.1) is 11.3 Å². The average Bonchev–Trinajstić information content (AvgIpc) is 3.50. The molecule has 0 unspecified atom stereocenters. The van der Waals surface area contributed by atoms with Crippen LogP contribution in [0.25, 0.3) is 21.9 Å². The highest BCUT2D eigenvalue weighted by Crippen LogP contribution is 2.52. The Hall–Kier alpha value is -3.72. The van der Waals surface area contributed by atoms with Crippen LogP contribution in [0.5, 0.6) is 0 Å². The van der Waals surface area contributed by atoms with Crippen molar-refractivity contribution >= 4 is 60.9 Å². The highest BCUT2D eigenvalue weighted by molar-refractivity contribution is 7.20. The second kappa shape index (κ2) is 7.95. The van der Waals surface area contributed by atoms with Crippen molar-refractivity contribution in [3.63, 3.8) is 0 Å². The summed E-state index contributed by atoms with van der Waals surface area (Å²) in [6, 6.07) is 31.9. The number of para-hydroxylation sites is 3. The molecule has 3 nitrogen and oxygen atoms in total. The van der Waals surface area contributed by atoms with Crippen molar-refractivity contribution in [2.24, 2.45) is 0 Å². The van der Waals surface area contributed by atoms with Crippen LogP contribution in [0.4, 0.5) is 16.4 Å². The lowest BCUT2D eigenvalue weighted by Gasteiger charge is -2.41. The summed E-state index contributed by atoms with van der Waals surface area (Å²) in [5.74, 6) is 0. The number of benzene rings is 3. The van der Waals surface area contributed by atoms with Gasteiger partial charge in [-0.3, -0.25) is 0 Å². The van der Waals surface area contributed by atoms with Gasteiger partial charge in [0, 0.05) is 10.3 Å². The second-order valence-electron chi connectivity index (χ2n) is 8.83. The van der Waals surface area contributed by atoms with Gasteiger partial charge in [-0.25, -0.2) is 4.98 Å². The van der Waals surface area contributed by atoms with E-state index in [9.17, 15) is 5.26 Å². The molecule has 0 aliphatic carbocycles. The van der Waals surface area contributed by atoms with E-state index in [0.29, 0.717) is 5.57 Å². The molecule has 0 atom stereocenters. The standard InChI is InChI=1S/C29H21N3S2/c1-29(2)21-9-3-6-12-24(21)32(25-13-7-4-10-22(25)29)27-16-15-20(33-27)17-19(18-30)28-31-23-11-5-8-14-26(23)34-28/h3-17H,1-2H3/b19-17+. The van der Waals surface area contributed by atoms with Gasteiger partial charge in [-0.15, -0.1) is 22.7 Å². The SMILES string of the molecule is CC1(C)c2ccccc2N(c2ccc(/C=C(\C#N)c3nc4ccccc4s3)s2)c2ccccc21. The molecule has 2 aromatic heterocycles. The quantitative estimate of drug-likeness (QED) is 0.245. The van der Waals surface area contributed by atoms with Gasteiger partial charge >= 0.3 is 0 Å². The lowest BCUT2D eigenvalue weighted by atomic mass is 9.74. The number of nitriles is 1. The maximum Gasteiger partial charge on any atom is 0.135 e. The number of allylic oxidation sites excluding steroid dienone is 1. The number of rotatable bonds is 3. The van der Waals surface area contributed by atoms with Gasteiger partial charge in [0.05, 0.1) is 27.2 Å². The fourth-order valence-corrected chi connectivity index (χ4v) is 6.63. The first kappa shape index (κ1) is 20.9. The summed E-state index contributed by atoms with van der Waals surface area (Å²) in [4.78, 5) is 8.06. The van der Waals surface area contributed by atoms with E-state index in [1.54, 1.807) is 22.7 Å². The summed E-state index contributed by atoms with van der Waals surface area (Å²) in [7, 11) is 0. The van der Waals surface area contributed by atoms with Crippen LogP contribution in [0.2, 0.25) is 0 Å². The third-order valence-corrected chi connectivity index (χ3v) is 8.49. The number of thiazole rings is 1. The molecule has 3 aromatic carbocycles. The molecule has 5 aromatic rings. The summed E-state index contributed by atoms with van der Waals surface area (Å²) in [5, 5.41) is 11.8. The molecule has 0 bridgehead atoms. The molecule has 0 saturated carbocycles. The van der Waals surface area contributed by atoms with E-state index in [-0.39, 0.29) is 5.41 Å². The molecule has 0 spiro atoms. The number of fused-ring (bicyclic) bond motifs is 3. The van der Waals surface area contributed by atoms with E-state index in [1.165, 1.54) is 22.5 Å². The normalized spacial score (nSPS) is 14.5. The van der Waals surface area contributed by atoms with Crippen molar-refractivity contribution in [1.29, 1.82) is 5.26 Å². The Morgan fingerprint density at radius 1 is 0.853 bits per heavy atom. The van der Waals surface area contributed by atoms with Gasteiger partial charge in [0.1, 0.15) is 16.1 Å². The molecule has 1 aliphatic rings. The minimum Gasteiger partial charge on any atom is -0.301 e. The molecule has 1 aliphatic heterocycles. The molecule has 0 radical (unpaired) electrons. The monoisotopic (exact) mass is 475 g/mol. The lowest BCUT2D eigenvalue weighted by molar-refractivity contribution is 0.632. The zero-order chi connectivity index (χ0) is 23.3. The van der Waals surface area contributed by atoms with Gasteiger partial charge in [-0.05, 0) is 53.6 Å². The predicted molar refractivity (Wildman–Crippen MR) is 144 cm³/mol. The predicted octanol–water partition coefficient (Wildman–Crippen LogP) is 8.53. The highest BCUT2D eigenvalue weighted by atomic mass is 32.1. The number of hydrogen-bond donors (Lipinski definition) is 0. The van der Waals surface area contributed by atoms with Crippen molar-refractivity contribution in [1.82, 2.24) is 4.98 Å². The fourth-order valence-electron chi connectivity index (χ4n) is 4.72. The summed E-state index contributed by atoms with van der Waals surface area (Å²) < 4.78 is 1.09. The Labute approximate surface area is 206 Å². The lowest BCUT2D eigenvalue weighted by Crippen LogP contribution is -2.30. The van der Waals surface area contributed by atoms with Gasteiger partial charge in [-0.2, -0.15) is 5.26 Å². The van der Waals surface area contributed by atoms with Crippen LogP contribution in [0.15, 0.2) is 84.9 Å². The highest BCUT2D eigenvalue weighted by Gasteiger charge is 2.36. The van der Waals surface area contributed by atoms with E-state index >= 15 is 0 Å². The van der Waals surface area contributed by atoms with Crippen LogP contribution in [0.1, 0.15) is 34.9 Å². The molecule has 0 amide bonds. The van der Waals surface area contributed by atoms with Gasteiger partial charge in [0.2, 0.25) is 0 Å². The van der Waals surface area contributed by atoms with Crippen LogP contribution in [-0.4, -0.2) is 4.98 Å². The number of hydrogen-bond acceptors (Lipinski definition) is 5. The van der Waals surface area contributed by atoms with Crippen molar-refractivity contribution in [2.75, 3.05) is 4.90 Å². The smallest absolute Gasteiger partial charge is 0.135 e. The van der Waals surface area contributed by atoms with Crippen molar-refractivity contribution < 1.29 is 0 Å². The van der Waals surface area contributed by atoms with Gasteiger partial charge in [0.25, 0.3) is 0 Å². The first-order valence-electron chi connectivity index (χ1n) is 11.1. The molecule has 3 heterocycles.